The van der Waals surface area contributed by atoms with Gasteiger partial charge in [0.25, 0.3) is 5.91 Å². The molecule has 140 valence electrons. The van der Waals surface area contributed by atoms with Crippen molar-refractivity contribution in [1.29, 1.82) is 0 Å². The van der Waals surface area contributed by atoms with Crippen LogP contribution in [0.5, 0.6) is 5.75 Å². The Bertz CT molecular complexity index is 1040. The predicted molar refractivity (Wildman–Crippen MR) is 120 cm³/mol. The first kappa shape index (κ1) is 20.2. The molecule has 5 nitrogen and oxygen atoms in total. The average Bonchev–Trinajstić information content (AvgIpc) is 2.70. The lowest BCUT2D eigenvalue weighted by molar-refractivity contribution is 0.0733. The molecule has 0 radical (unpaired) electrons. The fourth-order valence-corrected chi connectivity index (χ4v) is 3.36. The first-order valence-corrected chi connectivity index (χ1v) is 10.1. The van der Waals surface area contributed by atoms with Crippen LogP contribution in [0.2, 0.25) is 0 Å². The van der Waals surface area contributed by atoms with Gasteiger partial charge in [0.15, 0.2) is 0 Å². The van der Waals surface area contributed by atoms with E-state index in [9.17, 15) is 9.59 Å². The standard InChI is InChI=1S/C21H14BrIN2O3/c22-18-7-3-1-5-16(18)21(27)28-15-11-9-14(10-12-15)13-24-25-20(26)17-6-2-4-8-19(17)23/h1-13H,(H,25,26)/b24-13+. The maximum Gasteiger partial charge on any atom is 0.344 e. The first-order chi connectivity index (χ1) is 13.5. The fraction of sp³-hybridized carbons (Fsp3) is 0. The van der Waals surface area contributed by atoms with Crippen molar-refractivity contribution in [2.24, 2.45) is 5.10 Å². The molecule has 0 aromatic heterocycles. The topological polar surface area (TPSA) is 67.8 Å². The summed E-state index contributed by atoms with van der Waals surface area (Å²) in [6.45, 7) is 0. The van der Waals surface area contributed by atoms with Gasteiger partial charge in [-0.25, -0.2) is 10.2 Å². The molecule has 7 heteroatoms. The van der Waals surface area contributed by atoms with Gasteiger partial charge >= 0.3 is 5.97 Å². The van der Waals surface area contributed by atoms with Gasteiger partial charge in [-0.2, -0.15) is 5.10 Å². The second kappa shape index (κ2) is 9.61. The normalized spacial score (nSPS) is 10.6. The van der Waals surface area contributed by atoms with Crippen LogP contribution in [-0.2, 0) is 0 Å². The minimum atomic E-state index is -0.446. The molecule has 0 heterocycles. The zero-order valence-electron chi connectivity index (χ0n) is 14.4. The quantitative estimate of drug-likeness (QED) is 0.160. The number of nitrogens with zero attached hydrogens (tertiary/aromatic N) is 1. The second-order valence-corrected chi connectivity index (χ2v) is 7.63. The molecule has 0 aliphatic rings. The molecular weight excluding hydrogens is 535 g/mol. The lowest BCUT2D eigenvalue weighted by Gasteiger charge is -2.06. The number of ether oxygens (including phenoxy) is 1. The third-order valence-corrected chi connectivity index (χ3v) is 5.31. The summed E-state index contributed by atoms with van der Waals surface area (Å²) in [5.41, 5.74) is 4.27. The number of hydrogen-bond acceptors (Lipinski definition) is 4. The Hall–Kier alpha value is -2.52. The molecule has 3 aromatic rings. The van der Waals surface area contributed by atoms with Crippen molar-refractivity contribution < 1.29 is 14.3 Å². The van der Waals surface area contributed by atoms with Crippen LogP contribution in [0.25, 0.3) is 0 Å². The van der Waals surface area contributed by atoms with Gasteiger partial charge < -0.3 is 4.74 Å². The summed E-state index contributed by atoms with van der Waals surface area (Å²) in [4.78, 5) is 24.3. The Balaban J connectivity index is 1.59. The van der Waals surface area contributed by atoms with Crippen molar-refractivity contribution in [2.75, 3.05) is 0 Å². The van der Waals surface area contributed by atoms with E-state index < -0.39 is 5.97 Å². The Morgan fingerprint density at radius 1 is 0.929 bits per heavy atom. The number of rotatable bonds is 5. The largest absolute Gasteiger partial charge is 0.423 e. The van der Waals surface area contributed by atoms with Gasteiger partial charge in [-0.15, -0.1) is 0 Å². The van der Waals surface area contributed by atoms with E-state index in [-0.39, 0.29) is 5.91 Å². The van der Waals surface area contributed by atoms with E-state index in [2.05, 4.69) is 49.0 Å². The summed E-state index contributed by atoms with van der Waals surface area (Å²) in [5, 5.41) is 3.97. The number of amides is 1. The summed E-state index contributed by atoms with van der Waals surface area (Å²) in [6.07, 6.45) is 1.52. The Labute approximate surface area is 184 Å². The number of carbonyl (C=O) groups is 2. The Morgan fingerprint density at radius 3 is 2.25 bits per heavy atom. The van der Waals surface area contributed by atoms with E-state index in [0.29, 0.717) is 21.3 Å². The van der Waals surface area contributed by atoms with Crippen LogP contribution in [0.15, 0.2) is 82.4 Å². The minimum absolute atomic E-state index is 0.278. The highest BCUT2D eigenvalue weighted by Gasteiger charge is 2.11. The summed E-state index contributed by atoms with van der Waals surface area (Å²) >= 11 is 5.43. The van der Waals surface area contributed by atoms with Crippen LogP contribution in [0.4, 0.5) is 0 Å². The molecule has 3 rings (SSSR count). The molecular formula is C21H14BrIN2O3. The highest BCUT2D eigenvalue weighted by molar-refractivity contribution is 14.1. The Morgan fingerprint density at radius 2 is 1.57 bits per heavy atom. The van der Waals surface area contributed by atoms with Gasteiger partial charge in [0.05, 0.1) is 17.3 Å². The lowest BCUT2D eigenvalue weighted by atomic mass is 10.2. The lowest BCUT2D eigenvalue weighted by Crippen LogP contribution is -2.18. The van der Waals surface area contributed by atoms with Gasteiger partial charge in [-0.3, -0.25) is 4.79 Å². The van der Waals surface area contributed by atoms with Crippen molar-refractivity contribution in [3.8, 4) is 5.75 Å². The molecule has 0 saturated heterocycles. The predicted octanol–water partition coefficient (Wildman–Crippen LogP) is 5.04. The Kier molecular flexibility index (Phi) is 6.94. The molecule has 0 aliphatic heterocycles. The van der Waals surface area contributed by atoms with Gasteiger partial charge in [-0.1, -0.05) is 24.3 Å². The third kappa shape index (κ3) is 5.26. The average molecular weight is 549 g/mol. The molecule has 0 unspecified atom stereocenters. The molecule has 3 aromatic carbocycles. The molecule has 0 bridgehead atoms. The number of hydrogen-bond donors (Lipinski definition) is 1. The van der Waals surface area contributed by atoms with Gasteiger partial charge in [0.2, 0.25) is 0 Å². The molecule has 28 heavy (non-hydrogen) atoms. The van der Waals surface area contributed by atoms with Crippen LogP contribution >= 0.6 is 38.5 Å². The summed E-state index contributed by atoms with van der Waals surface area (Å²) in [6, 6.07) is 21.1. The molecule has 0 fully saturated rings. The summed E-state index contributed by atoms with van der Waals surface area (Å²) < 4.78 is 6.89. The highest BCUT2D eigenvalue weighted by atomic mass is 127. The maximum absolute atomic E-state index is 12.2. The number of carbonyl (C=O) groups excluding carboxylic acids is 2. The number of nitrogens with one attached hydrogen (secondary N) is 1. The van der Waals surface area contributed by atoms with Gasteiger partial charge in [0.1, 0.15) is 5.75 Å². The summed E-state index contributed by atoms with van der Waals surface area (Å²) in [7, 11) is 0. The van der Waals surface area contributed by atoms with Crippen LogP contribution in [0, 0.1) is 3.57 Å². The minimum Gasteiger partial charge on any atom is -0.423 e. The molecule has 0 spiro atoms. The SMILES string of the molecule is O=C(Oc1ccc(/C=N/NC(=O)c2ccccc2I)cc1)c1ccccc1Br. The fourth-order valence-electron chi connectivity index (χ4n) is 2.28. The summed E-state index contributed by atoms with van der Waals surface area (Å²) in [5.74, 6) is -0.306. The van der Waals surface area contributed by atoms with Crippen LogP contribution in [0.3, 0.4) is 0 Å². The van der Waals surface area contributed by atoms with Gasteiger partial charge in [-0.05, 0) is 92.6 Å². The number of halogens is 2. The van der Waals surface area contributed by atoms with Crippen molar-refractivity contribution >= 4 is 56.6 Å². The van der Waals surface area contributed by atoms with E-state index in [4.69, 9.17) is 4.74 Å². The van der Waals surface area contributed by atoms with E-state index in [1.54, 1.807) is 54.6 Å². The molecule has 0 aliphatic carbocycles. The van der Waals surface area contributed by atoms with Crippen molar-refractivity contribution in [2.45, 2.75) is 0 Å². The van der Waals surface area contributed by atoms with Gasteiger partial charge in [0, 0.05) is 8.04 Å². The zero-order chi connectivity index (χ0) is 19.9. The van der Waals surface area contributed by atoms with E-state index >= 15 is 0 Å². The van der Waals surface area contributed by atoms with E-state index in [1.165, 1.54) is 6.21 Å². The molecule has 0 atom stereocenters. The number of esters is 1. The van der Waals surface area contributed by atoms with Crippen LogP contribution in [0.1, 0.15) is 26.3 Å². The molecule has 0 saturated carbocycles. The zero-order valence-corrected chi connectivity index (χ0v) is 18.2. The third-order valence-electron chi connectivity index (χ3n) is 3.68. The molecule has 1 amide bonds. The number of benzene rings is 3. The monoisotopic (exact) mass is 548 g/mol. The van der Waals surface area contributed by atoms with E-state index in [1.807, 2.05) is 18.2 Å². The smallest absolute Gasteiger partial charge is 0.344 e. The maximum atomic E-state index is 12.2. The first-order valence-electron chi connectivity index (χ1n) is 8.19. The number of hydrazone groups is 1. The van der Waals surface area contributed by atoms with Crippen molar-refractivity contribution in [1.82, 2.24) is 5.43 Å². The van der Waals surface area contributed by atoms with Crippen LogP contribution < -0.4 is 10.2 Å². The van der Waals surface area contributed by atoms with Crippen molar-refractivity contribution in [3.63, 3.8) is 0 Å². The highest BCUT2D eigenvalue weighted by Crippen LogP contribution is 2.19. The second-order valence-electron chi connectivity index (χ2n) is 5.62. The van der Waals surface area contributed by atoms with Crippen LogP contribution in [-0.4, -0.2) is 18.1 Å². The van der Waals surface area contributed by atoms with E-state index in [0.717, 1.165) is 9.13 Å². The van der Waals surface area contributed by atoms with Crippen molar-refractivity contribution in [3.05, 3.63) is 97.5 Å². The molecule has 1 N–H and O–H groups in total.